The van der Waals surface area contributed by atoms with Gasteiger partial charge in [0.25, 0.3) is 0 Å². The summed E-state index contributed by atoms with van der Waals surface area (Å²) in [6, 6.07) is 14.1. The van der Waals surface area contributed by atoms with Gasteiger partial charge in [-0.3, -0.25) is 0 Å². The molecule has 244 valence electrons. The summed E-state index contributed by atoms with van der Waals surface area (Å²) in [5, 5.41) is 0. The molecule has 0 aromatic heterocycles. The van der Waals surface area contributed by atoms with Crippen molar-refractivity contribution in [3.8, 4) is 17.2 Å². The number of esters is 2. The molecule has 2 aromatic rings. The van der Waals surface area contributed by atoms with Crippen LogP contribution in [0.2, 0.25) is 0 Å². The lowest BCUT2D eigenvalue weighted by Crippen LogP contribution is -2.30. The van der Waals surface area contributed by atoms with Gasteiger partial charge in [0.2, 0.25) is 0 Å². The molecule has 0 N–H and O–H groups in total. The topological polar surface area (TPSA) is 71.1 Å². The Morgan fingerprint density at radius 1 is 0.705 bits per heavy atom. The molecule has 1 aliphatic carbocycles. The van der Waals surface area contributed by atoms with E-state index in [0.29, 0.717) is 42.6 Å². The predicted octanol–water partition coefficient (Wildman–Crippen LogP) is 9.82. The van der Waals surface area contributed by atoms with Gasteiger partial charge >= 0.3 is 11.9 Å². The minimum absolute atomic E-state index is 0.208. The molecule has 44 heavy (non-hydrogen) atoms. The number of ether oxygens (including phenoxy) is 4. The molecular formula is C37H53FO6. The molecule has 0 saturated heterocycles. The van der Waals surface area contributed by atoms with Crippen molar-refractivity contribution in [3.05, 3.63) is 54.1 Å². The SMILES string of the molecule is CCCCCCCCCCCOc1ccc(C(=O)Oc2ccc(OC[C@H]3CC[C@H](OC(=O)[C@@H](F)CCCC)CC3)cc2)cc1. The van der Waals surface area contributed by atoms with Gasteiger partial charge in [-0.05, 0) is 93.0 Å². The van der Waals surface area contributed by atoms with E-state index in [9.17, 15) is 14.0 Å². The third-order valence-electron chi connectivity index (χ3n) is 8.27. The molecule has 0 amide bonds. The highest BCUT2D eigenvalue weighted by Crippen LogP contribution is 2.28. The molecule has 7 heteroatoms. The van der Waals surface area contributed by atoms with Crippen LogP contribution in [0.1, 0.15) is 127 Å². The number of rotatable bonds is 21. The zero-order valence-corrected chi connectivity index (χ0v) is 26.9. The monoisotopic (exact) mass is 612 g/mol. The van der Waals surface area contributed by atoms with E-state index in [2.05, 4.69) is 6.92 Å². The van der Waals surface area contributed by atoms with Crippen molar-refractivity contribution in [1.82, 2.24) is 0 Å². The maximum atomic E-state index is 13.9. The van der Waals surface area contributed by atoms with Crippen LogP contribution in [0.4, 0.5) is 4.39 Å². The predicted molar refractivity (Wildman–Crippen MR) is 172 cm³/mol. The van der Waals surface area contributed by atoms with Crippen LogP contribution in [0.15, 0.2) is 48.5 Å². The summed E-state index contributed by atoms with van der Waals surface area (Å²) >= 11 is 0. The molecule has 2 aromatic carbocycles. The van der Waals surface area contributed by atoms with E-state index in [1.807, 2.05) is 19.1 Å². The van der Waals surface area contributed by atoms with Crippen molar-refractivity contribution >= 4 is 11.9 Å². The van der Waals surface area contributed by atoms with E-state index in [0.717, 1.165) is 44.3 Å². The van der Waals surface area contributed by atoms with Crippen molar-refractivity contribution in [2.45, 2.75) is 129 Å². The largest absolute Gasteiger partial charge is 0.494 e. The van der Waals surface area contributed by atoms with Crippen LogP contribution in [0.5, 0.6) is 17.2 Å². The highest BCUT2D eigenvalue weighted by atomic mass is 19.1. The normalized spacial score (nSPS) is 17.1. The van der Waals surface area contributed by atoms with Crippen molar-refractivity contribution in [2.24, 2.45) is 5.92 Å². The van der Waals surface area contributed by atoms with Crippen molar-refractivity contribution in [1.29, 1.82) is 0 Å². The van der Waals surface area contributed by atoms with Gasteiger partial charge in [-0.1, -0.05) is 78.1 Å². The van der Waals surface area contributed by atoms with Gasteiger partial charge in [-0.2, -0.15) is 0 Å². The zero-order valence-electron chi connectivity index (χ0n) is 26.9. The van der Waals surface area contributed by atoms with Crippen molar-refractivity contribution < 1.29 is 32.9 Å². The Labute approximate surface area is 264 Å². The van der Waals surface area contributed by atoms with Gasteiger partial charge in [0, 0.05) is 0 Å². The Kier molecular flexibility index (Phi) is 16.7. The van der Waals surface area contributed by atoms with Crippen LogP contribution in [-0.4, -0.2) is 37.4 Å². The Bertz CT molecular complexity index is 1060. The van der Waals surface area contributed by atoms with Gasteiger partial charge in [0.15, 0.2) is 6.17 Å². The fraction of sp³-hybridized carbons (Fsp3) is 0.622. The van der Waals surface area contributed by atoms with E-state index in [1.54, 1.807) is 36.4 Å². The summed E-state index contributed by atoms with van der Waals surface area (Å²) in [7, 11) is 0. The van der Waals surface area contributed by atoms with E-state index < -0.39 is 18.1 Å². The first-order valence-corrected chi connectivity index (χ1v) is 17.0. The minimum Gasteiger partial charge on any atom is -0.494 e. The highest BCUT2D eigenvalue weighted by molar-refractivity contribution is 5.91. The Morgan fingerprint density at radius 2 is 1.25 bits per heavy atom. The second kappa shape index (κ2) is 20.8. The fourth-order valence-corrected chi connectivity index (χ4v) is 5.43. The Balaban J connectivity index is 1.28. The number of hydrogen-bond donors (Lipinski definition) is 0. The number of unbranched alkanes of at least 4 members (excludes halogenated alkanes) is 9. The second-order valence-electron chi connectivity index (χ2n) is 12.1. The van der Waals surface area contributed by atoms with Crippen LogP contribution in [0, 0.1) is 5.92 Å². The van der Waals surface area contributed by atoms with Gasteiger partial charge in [0.1, 0.15) is 23.4 Å². The average Bonchev–Trinajstić information content (AvgIpc) is 3.05. The first-order chi connectivity index (χ1) is 21.5. The number of halogens is 1. The third-order valence-corrected chi connectivity index (χ3v) is 8.27. The lowest BCUT2D eigenvalue weighted by molar-refractivity contribution is -0.157. The molecule has 6 nitrogen and oxygen atoms in total. The third kappa shape index (κ3) is 13.7. The maximum absolute atomic E-state index is 13.9. The molecule has 0 radical (unpaired) electrons. The van der Waals surface area contributed by atoms with E-state index in [1.165, 1.54) is 51.4 Å². The summed E-state index contributed by atoms with van der Waals surface area (Å²) < 4.78 is 36.6. The smallest absolute Gasteiger partial charge is 0.343 e. The minimum atomic E-state index is -1.52. The van der Waals surface area contributed by atoms with Gasteiger partial charge in [-0.25, -0.2) is 14.0 Å². The number of carbonyl (C=O) groups is 2. The summed E-state index contributed by atoms with van der Waals surface area (Å²) in [5.74, 6) is 1.10. The van der Waals surface area contributed by atoms with Gasteiger partial charge in [-0.15, -0.1) is 0 Å². The average molecular weight is 613 g/mol. The number of benzene rings is 2. The molecule has 0 unspecified atom stereocenters. The first kappa shape index (κ1) is 35.4. The molecule has 1 fully saturated rings. The van der Waals surface area contributed by atoms with Gasteiger partial charge < -0.3 is 18.9 Å². The molecule has 0 bridgehead atoms. The molecule has 1 saturated carbocycles. The first-order valence-electron chi connectivity index (χ1n) is 17.0. The molecule has 1 aliphatic rings. The lowest BCUT2D eigenvalue weighted by atomic mass is 9.88. The summed E-state index contributed by atoms with van der Waals surface area (Å²) in [5.41, 5.74) is 0.463. The second-order valence-corrected chi connectivity index (χ2v) is 12.1. The summed E-state index contributed by atoms with van der Waals surface area (Å²) in [6.07, 6.45) is 14.7. The summed E-state index contributed by atoms with van der Waals surface area (Å²) in [6.45, 7) is 5.46. The number of carbonyl (C=O) groups excluding carboxylic acids is 2. The van der Waals surface area contributed by atoms with Crippen molar-refractivity contribution in [3.63, 3.8) is 0 Å². The fourth-order valence-electron chi connectivity index (χ4n) is 5.43. The van der Waals surface area contributed by atoms with Crippen molar-refractivity contribution in [2.75, 3.05) is 13.2 Å². The van der Waals surface area contributed by atoms with Crippen LogP contribution in [-0.2, 0) is 9.53 Å². The van der Waals surface area contributed by atoms with E-state index in [-0.39, 0.29) is 12.5 Å². The van der Waals surface area contributed by atoms with E-state index >= 15 is 0 Å². The standard InChI is InChI=1S/C37H53FO6/c1-3-5-7-8-9-10-11-12-13-27-41-31-21-17-30(18-22-31)36(39)43-34-25-23-32(24-26-34)42-28-29-15-19-33(20-16-29)44-37(40)35(38)14-6-4-2/h17-18,21-26,29,33,35H,3-16,19-20,27-28H2,1-2H3/t29-,33-,35-/m0/s1. The zero-order chi connectivity index (χ0) is 31.4. The highest BCUT2D eigenvalue weighted by Gasteiger charge is 2.27. The Hall–Kier alpha value is -3.09. The van der Waals surface area contributed by atoms with Crippen LogP contribution >= 0.6 is 0 Å². The maximum Gasteiger partial charge on any atom is 0.343 e. The Morgan fingerprint density at radius 3 is 1.89 bits per heavy atom. The van der Waals surface area contributed by atoms with Crippen LogP contribution in [0.3, 0.4) is 0 Å². The summed E-state index contributed by atoms with van der Waals surface area (Å²) in [4.78, 5) is 24.6. The van der Waals surface area contributed by atoms with E-state index in [4.69, 9.17) is 18.9 Å². The molecule has 0 heterocycles. The molecule has 3 rings (SSSR count). The molecule has 0 aliphatic heterocycles. The number of alkyl halides is 1. The van der Waals surface area contributed by atoms with Gasteiger partial charge in [0.05, 0.1) is 18.8 Å². The molecule has 1 atom stereocenters. The number of hydrogen-bond acceptors (Lipinski definition) is 6. The van der Waals surface area contributed by atoms with Crippen LogP contribution < -0.4 is 14.2 Å². The molecule has 0 spiro atoms. The van der Waals surface area contributed by atoms with Crippen LogP contribution in [0.25, 0.3) is 0 Å². The quantitative estimate of drug-likeness (QED) is 0.0794. The lowest BCUT2D eigenvalue weighted by Gasteiger charge is -2.28. The molecular weight excluding hydrogens is 559 g/mol.